The number of benzene rings is 1. The molecule has 0 N–H and O–H groups in total. The Labute approximate surface area is 162 Å². The number of esters is 2. The van der Waals surface area contributed by atoms with Crippen LogP contribution in [-0.2, 0) is 20.8 Å². The number of ketones is 1. The van der Waals surface area contributed by atoms with Crippen LogP contribution < -0.4 is 4.74 Å². The smallest absolute Gasteiger partial charge is 0.341 e. The second kappa shape index (κ2) is 9.16. The Balaban J connectivity index is 2.05. The monoisotopic (exact) mass is 391 g/mol. The molecule has 150 valence electrons. The van der Waals surface area contributed by atoms with E-state index in [0.717, 1.165) is 11.8 Å². The topological polar surface area (TPSA) is 83.8 Å². The summed E-state index contributed by atoms with van der Waals surface area (Å²) in [4.78, 5) is 35.8. The zero-order valence-corrected chi connectivity index (χ0v) is 16.2. The third kappa shape index (κ3) is 4.76. The number of halogens is 1. The normalized spacial score (nSPS) is 10.5. The maximum Gasteiger partial charge on any atom is 0.341 e. The quantitative estimate of drug-likeness (QED) is 0.508. The molecule has 7 nitrogen and oxygen atoms in total. The van der Waals surface area contributed by atoms with Crippen LogP contribution in [-0.4, -0.2) is 43.1 Å². The lowest BCUT2D eigenvalue weighted by molar-refractivity contribution is -0.140. The molecule has 0 saturated heterocycles. The van der Waals surface area contributed by atoms with Crippen molar-refractivity contribution in [1.29, 1.82) is 0 Å². The number of hydrogen-bond acceptors (Lipinski definition) is 6. The predicted molar refractivity (Wildman–Crippen MR) is 98.1 cm³/mol. The van der Waals surface area contributed by atoms with Crippen molar-refractivity contribution >= 4 is 17.7 Å². The minimum Gasteiger partial charge on any atom is -0.497 e. The molecule has 0 aliphatic heterocycles. The number of carbonyl (C=O) groups excluding carboxylic acids is 3. The van der Waals surface area contributed by atoms with E-state index < -0.39 is 24.2 Å². The molecule has 1 aromatic carbocycles. The van der Waals surface area contributed by atoms with Crippen LogP contribution >= 0.6 is 0 Å². The maximum absolute atomic E-state index is 13.9. The van der Waals surface area contributed by atoms with Gasteiger partial charge in [0.15, 0.2) is 6.61 Å². The van der Waals surface area contributed by atoms with Gasteiger partial charge in [-0.2, -0.15) is 0 Å². The number of methoxy groups -OCH3 is 2. The van der Waals surface area contributed by atoms with Gasteiger partial charge in [0, 0.05) is 29.6 Å². The average molecular weight is 391 g/mol. The highest BCUT2D eigenvalue weighted by atomic mass is 19.1. The van der Waals surface area contributed by atoms with Crippen LogP contribution in [0.4, 0.5) is 4.39 Å². The van der Waals surface area contributed by atoms with Gasteiger partial charge in [-0.1, -0.05) is 0 Å². The highest BCUT2D eigenvalue weighted by Gasteiger charge is 2.20. The molecule has 1 heterocycles. The van der Waals surface area contributed by atoms with E-state index in [9.17, 15) is 18.8 Å². The Morgan fingerprint density at radius 3 is 2.39 bits per heavy atom. The lowest BCUT2D eigenvalue weighted by atomic mass is 10.1. The SMILES string of the molecule is COC(=O)CCn1c(C)cc(C(=O)COC(=O)c2ccc(OC)cc2F)c1C. The van der Waals surface area contributed by atoms with E-state index in [1.807, 2.05) is 4.57 Å². The average Bonchev–Trinajstić information content (AvgIpc) is 2.97. The maximum atomic E-state index is 13.9. The Hall–Kier alpha value is -3.16. The van der Waals surface area contributed by atoms with Crippen LogP contribution in [0.3, 0.4) is 0 Å². The van der Waals surface area contributed by atoms with Crippen molar-refractivity contribution in [3.8, 4) is 5.75 Å². The van der Waals surface area contributed by atoms with Gasteiger partial charge in [-0.25, -0.2) is 9.18 Å². The van der Waals surface area contributed by atoms with Crippen molar-refractivity contribution in [2.75, 3.05) is 20.8 Å². The number of aromatic nitrogens is 1. The molecule has 0 saturated carbocycles. The van der Waals surface area contributed by atoms with Gasteiger partial charge in [0.2, 0.25) is 5.78 Å². The Morgan fingerprint density at radius 2 is 1.79 bits per heavy atom. The molecule has 2 rings (SSSR count). The lowest BCUT2D eigenvalue weighted by Gasteiger charge is -2.09. The van der Waals surface area contributed by atoms with Gasteiger partial charge in [0.05, 0.1) is 26.2 Å². The van der Waals surface area contributed by atoms with Crippen molar-refractivity contribution in [3.63, 3.8) is 0 Å². The second-order valence-corrected chi connectivity index (χ2v) is 6.11. The molecule has 0 radical (unpaired) electrons. The molecule has 0 unspecified atom stereocenters. The van der Waals surface area contributed by atoms with Crippen LogP contribution in [0, 0.1) is 19.7 Å². The number of ether oxygens (including phenoxy) is 3. The first-order valence-corrected chi connectivity index (χ1v) is 8.55. The molecule has 0 bridgehead atoms. The van der Waals surface area contributed by atoms with Crippen LogP contribution in [0.2, 0.25) is 0 Å². The summed E-state index contributed by atoms with van der Waals surface area (Å²) in [6.45, 7) is 3.39. The molecule has 0 amide bonds. The minimum atomic E-state index is -0.937. The molecule has 0 aliphatic rings. The highest BCUT2D eigenvalue weighted by Crippen LogP contribution is 2.19. The molecule has 0 spiro atoms. The zero-order valence-electron chi connectivity index (χ0n) is 16.2. The number of Topliss-reactive ketones (excluding diaryl/α,β-unsaturated/α-hetero) is 1. The van der Waals surface area contributed by atoms with E-state index in [0.29, 0.717) is 17.8 Å². The fourth-order valence-corrected chi connectivity index (χ4v) is 2.81. The van der Waals surface area contributed by atoms with Crippen LogP contribution in [0.15, 0.2) is 24.3 Å². The van der Waals surface area contributed by atoms with E-state index in [4.69, 9.17) is 9.47 Å². The Bertz CT molecular complexity index is 902. The summed E-state index contributed by atoms with van der Waals surface area (Å²) in [5.74, 6) is -2.23. The predicted octanol–water partition coefficient (Wildman–Crippen LogP) is 2.86. The van der Waals surface area contributed by atoms with Crippen molar-refractivity contribution < 1.29 is 33.0 Å². The molecule has 2 aromatic rings. The number of carbonyl (C=O) groups is 3. The Kier molecular flexibility index (Phi) is 6.92. The second-order valence-electron chi connectivity index (χ2n) is 6.11. The highest BCUT2D eigenvalue weighted by molar-refractivity contribution is 6.00. The number of rotatable bonds is 8. The van der Waals surface area contributed by atoms with Crippen molar-refractivity contribution in [3.05, 3.63) is 52.6 Å². The van der Waals surface area contributed by atoms with Crippen LogP contribution in [0.5, 0.6) is 5.75 Å². The number of aryl methyl sites for hydroxylation is 1. The summed E-state index contributed by atoms with van der Waals surface area (Å²) in [6, 6.07) is 5.39. The van der Waals surface area contributed by atoms with Gasteiger partial charge < -0.3 is 18.8 Å². The van der Waals surface area contributed by atoms with Crippen molar-refractivity contribution in [2.45, 2.75) is 26.8 Å². The molecule has 8 heteroatoms. The third-order valence-corrected chi connectivity index (χ3v) is 4.37. The summed E-state index contributed by atoms with van der Waals surface area (Å²) in [5.41, 5.74) is 1.54. The van der Waals surface area contributed by atoms with Crippen molar-refractivity contribution in [2.24, 2.45) is 0 Å². The Morgan fingerprint density at radius 1 is 1.07 bits per heavy atom. The summed E-state index contributed by atoms with van der Waals surface area (Å²) in [5, 5.41) is 0. The van der Waals surface area contributed by atoms with E-state index in [2.05, 4.69) is 4.74 Å². The molecule has 0 fully saturated rings. The number of hydrogen-bond donors (Lipinski definition) is 0. The summed E-state index contributed by atoms with van der Waals surface area (Å²) in [7, 11) is 2.69. The van der Waals surface area contributed by atoms with Gasteiger partial charge >= 0.3 is 11.9 Å². The van der Waals surface area contributed by atoms with E-state index in [-0.39, 0.29) is 23.7 Å². The van der Waals surface area contributed by atoms with Gasteiger partial charge in [-0.15, -0.1) is 0 Å². The molecule has 0 aliphatic carbocycles. The summed E-state index contributed by atoms with van der Waals surface area (Å²) in [6.07, 6.45) is 0.173. The molecular weight excluding hydrogens is 369 g/mol. The van der Waals surface area contributed by atoms with Crippen molar-refractivity contribution in [1.82, 2.24) is 4.57 Å². The third-order valence-electron chi connectivity index (χ3n) is 4.37. The fourth-order valence-electron chi connectivity index (χ4n) is 2.81. The van der Waals surface area contributed by atoms with E-state index in [1.165, 1.54) is 26.4 Å². The van der Waals surface area contributed by atoms with E-state index >= 15 is 0 Å². The molecular formula is C20H22FNO6. The summed E-state index contributed by atoms with van der Waals surface area (Å²) >= 11 is 0. The largest absolute Gasteiger partial charge is 0.497 e. The van der Waals surface area contributed by atoms with Gasteiger partial charge in [-0.3, -0.25) is 9.59 Å². The van der Waals surface area contributed by atoms with Crippen LogP contribution in [0.1, 0.15) is 38.5 Å². The first kappa shape index (κ1) is 21.1. The minimum absolute atomic E-state index is 0.173. The number of nitrogens with zero attached hydrogens (tertiary/aromatic N) is 1. The molecule has 1 aromatic heterocycles. The first-order valence-electron chi connectivity index (χ1n) is 8.55. The van der Waals surface area contributed by atoms with Crippen LogP contribution in [0.25, 0.3) is 0 Å². The first-order chi connectivity index (χ1) is 13.3. The van der Waals surface area contributed by atoms with Gasteiger partial charge in [0.25, 0.3) is 0 Å². The molecule has 28 heavy (non-hydrogen) atoms. The standard InChI is InChI=1S/C20H22FNO6/c1-12-9-16(13(2)22(12)8-7-19(24)27-4)18(23)11-28-20(25)15-6-5-14(26-3)10-17(15)21/h5-6,9-10H,7-8,11H2,1-4H3. The van der Waals surface area contributed by atoms with Gasteiger partial charge in [0.1, 0.15) is 11.6 Å². The fraction of sp³-hybridized carbons (Fsp3) is 0.350. The summed E-state index contributed by atoms with van der Waals surface area (Å²) < 4.78 is 30.2. The van der Waals surface area contributed by atoms with Gasteiger partial charge in [-0.05, 0) is 32.0 Å². The molecule has 0 atom stereocenters. The zero-order chi connectivity index (χ0) is 20.8. The lowest BCUT2D eigenvalue weighted by Crippen LogP contribution is -2.16. The van der Waals surface area contributed by atoms with E-state index in [1.54, 1.807) is 19.9 Å².